The number of halogens is 2. The Kier molecular flexibility index (Phi) is 3.85. The molecule has 0 aromatic heterocycles. The fraction of sp³-hybridized carbons (Fsp3) is 0.0714. The number of aryl methyl sites for hydroxylation is 1. The summed E-state index contributed by atoms with van der Waals surface area (Å²) in [5.74, 6) is -0.780. The van der Waals surface area contributed by atoms with Crippen LogP contribution in [0.1, 0.15) is 15.9 Å². The Morgan fingerprint density at radius 1 is 1.32 bits per heavy atom. The van der Waals surface area contributed by atoms with Crippen molar-refractivity contribution in [3.63, 3.8) is 0 Å². The van der Waals surface area contributed by atoms with E-state index in [2.05, 4.69) is 21.2 Å². The zero-order valence-corrected chi connectivity index (χ0v) is 11.7. The summed E-state index contributed by atoms with van der Waals surface area (Å²) < 4.78 is 13.5. The third-order valence-corrected chi connectivity index (χ3v) is 3.46. The Bertz CT molecular complexity index is 643. The third kappa shape index (κ3) is 2.93. The number of anilines is 1. The van der Waals surface area contributed by atoms with E-state index < -0.39 is 11.7 Å². The molecule has 2 N–H and O–H groups in total. The van der Waals surface area contributed by atoms with Crippen LogP contribution in [0.3, 0.4) is 0 Å². The minimum Gasteiger partial charge on any atom is -0.508 e. The second kappa shape index (κ2) is 5.40. The predicted octanol–water partition coefficient (Wildman–Crippen LogP) is 3.85. The fourth-order valence-corrected chi connectivity index (χ4v) is 2.10. The standard InChI is InChI=1S/C14H11BrFNO2/c1-8-7-9(18)5-6-12(8)17-14(19)10-3-2-4-11(16)13(10)15/h2-7,18H,1H3,(H,17,19). The van der Waals surface area contributed by atoms with Crippen LogP contribution in [0.25, 0.3) is 0 Å². The molecule has 19 heavy (non-hydrogen) atoms. The van der Waals surface area contributed by atoms with Crippen LogP contribution in [0.2, 0.25) is 0 Å². The van der Waals surface area contributed by atoms with E-state index in [1.54, 1.807) is 13.0 Å². The number of phenols is 1. The SMILES string of the molecule is Cc1cc(O)ccc1NC(=O)c1cccc(F)c1Br. The van der Waals surface area contributed by atoms with Crippen molar-refractivity contribution < 1.29 is 14.3 Å². The minimum atomic E-state index is -0.491. The maximum absolute atomic E-state index is 13.4. The molecule has 0 spiro atoms. The number of aromatic hydroxyl groups is 1. The number of rotatable bonds is 2. The lowest BCUT2D eigenvalue weighted by molar-refractivity contribution is 0.102. The van der Waals surface area contributed by atoms with Gasteiger partial charge < -0.3 is 10.4 Å². The van der Waals surface area contributed by atoms with Gasteiger partial charge in [0, 0.05) is 5.69 Å². The van der Waals surface area contributed by atoms with E-state index in [1.165, 1.54) is 30.3 Å². The van der Waals surface area contributed by atoms with Crippen molar-refractivity contribution in [1.82, 2.24) is 0 Å². The highest BCUT2D eigenvalue weighted by Gasteiger charge is 2.14. The van der Waals surface area contributed by atoms with Gasteiger partial charge in [-0.15, -0.1) is 0 Å². The summed E-state index contributed by atoms with van der Waals surface area (Å²) in [5, 5.41) is 12.0. The van der Waals surface area contributed by atoms with Gasteiger partial charge >= 0.3 is 0 Å². The van der Waals surface area contributed by atoms with Crippen LogP contribution in [0, 0.1) is 12.7 Å². The van der Waals surface area contributed by atoms with Crippen LogP contribution >= 0.6 is 15.9 Å². The zero-order valence-electron chi connectivity index (χ0n) is 10.1. The summed E-state index contributed by atoms with van der Waals surface area (Å²) in [6.45, 7) is 1.76. The summed E-state index contributed by atoms with van der Waals surface area (Å²) in [6.07, 6.45) is 0. The average molecular weight is 324 g/mol. The quantitative estimate of drug-likeness (QED) is 0.824. The molecule has 0 aliphatic carbocycles. The Balaban J connectivity index is 2.28. The molecule has 2 aromatic rings. The topological polar surface area (TPSA) is 49.3 Å². The molecule has 2 aromatic carbocycles. The summed E-state index contributed by atoms with van der Waals surface area (Å²) in [6, 6.07) is 8.87. The van der Waals surface area contributed by atoms with Gasteiger partial charge in [0.1, 0.15) is 11.6 Å². The number of hydrogen-bond acceptors (Lipinski definition) is 2. The molecular formula is C14H11BrFNO2. The normalized spacial score (nSPS) is 10.3. The smallest absolute Gasteiger partial charge is 0.256 e. The number of benzene rings is 2. The molecule has 0 fully saturated rings. The first kappa shape index (κ1) is 13.5. The van der Waals surface area contributed by atoms with Crippen LogP contribution in [0.4, 0.5) is 10.1 Å². The highest BCUT2D eigenvalue weighted by atomic mass is 79.9. The molecule has 0 aliphatic rings. The second-order valence-electron chi connectivity index (χ2n) is 4.05. The van der Waals surface area contributed by atoms with Crippen LogP contribution in [-0.2, 0) is 0 Å². The number of nitrogens with one attached hydrogen (secondary N) is 1. The van der Waals surface area contributed by atoms with Crippen molar-refractivity contribution >= 4 is 27.5 Å². The van der Waals surface area contributed by atoms with Crippen LogP contribution < -0.4 is 5.32 Å². The largest absolute Gasteiger partial charge is 0.508 e. The Hall–Kier alpha value is -1.88. The monoisotopic (exact) mass is 323 g/mol. The van der Waals surface area contributed by atoms with Gasteiger partial charge in [0.15, 0.2) is 0 Å². The molecule has 0 atom stereocenters. The number of carbonyl (C=O) groups excluding carboxylic acids is 1. The first-order valence-electron chi connectivity index (χ1n) is 5.54. The molecule has 0 saturated carbocycles. The number of carbonyl (C=O) groups is 1. The van der Waals surface area contributed by atoms with E-state index in [9.17, 15) is 14.3 Å². The van der Waals surface area contributed by atoms with Crippen molar-refractivity contribution in [2.75, 3.05) is 5.32 Å². The molecule has 0 saturated heterocycles. The van der Waals surface area contributed by atoms with E-state index in [0.29, 0.717) is 5.69 Å². The highest BCUT2D eigenvalue weighted by molar-refractivity contribution is 9.10. The van der Waals surface area contributed by atoms with Gasteiger partial charge in [0.25, 0.3) is 5.91 Å². The van der Waals surface area contributed by atoms with Gasteiger partial charge in [-0.2, -0.15) is 0 Å². The Morgan fingerprint density at radius 3 is 2.74 bits per heavy atom. The lowest BCUT2D eigenvalue weighted by Crippen LogP contribution is -2.13. The Labute approximate surface area is 118 Å². The van der Waals surface area contributed by atoms with E-state index in [4.69, 9.17) is 0 Å². The van der Waals surface area contributed by atoms with Crippen molar-refractivity contribution in [1.29, 1.82) is 0 Å². The molecule has 0 aliphatic heterocycles. The fourth-order valence-electron chi connectivity index (χ4n) is 1.66. The first-order chi connectivity index (χ1) is 8.99. The van der Waals surface area contributed by atoms with Crippen LogP contribution in [0.5, 0.6) is 5.75 Å². The van der Waals surface area contributed by atoms with Gasteiger partial charge in [-0.1, -0.05) is 6.07 Å². The van der Waals surface area contributed by atoms with Crippen molar-refractivity contribution in [2.45, 2.75) is 6.92 Å². The van der Waals surface area contributed by atoms with E-state index in [1.807, 2.05) is 0 Å². The van der Waals surface area contributed by atoms with Gasteiger partial charge in [0.2, 0.25) is 0 Å². The summed E-state index contributed by atoms with van der Waals surface area (Å²) >= 11 is 3.05. The second-order valence-corrected chi connectivity index (χ2v) is 4.85. The first-order valence-corrected chi connectivity index (χ1v) is 6.33. The van der Waals surface area contributed by atoms with Gasteiger partial charge in [-0.25, -0.2) is 4.39 Å². The van der Waals surface area contributed by atoms with Gasteiger partial charge in [-0.3, -0.25) is 4.79 Å². The molecular weight excluding hydrogens is 313 g/mol. The lowest BCUT2D eigenvalue weighted by Gasteiger charge is -2.10. The van der Waals surface area contributed by atoms with Crippen molar-refractivity contribution in [3.8, 4) is 5.75 Å². The van der Waals surface area contributed by atoms with Crippen molar-refractivity contribution in [2.24, 2.45) is 0 Å². The van der Waals surface area contributed by atoms with E-state index >= 15 is 0 Å². The summed E-state index contributed by atoms with van der Waals surface area (Å²) in [4.78, 5) is 12.1. The highest BCUT2D eigenvalue weighted by Crippen LogP contribution is 2.24. The number of amides is 1. The summed E-state index contributed by atoms with van der Waals surface area (Å²) in [5.41, 5.74) is 1.51. The molecule has 98 valence electrons. The van der Waals surface area contributed by atoms with Gasteiger partial charge in [-0.05, 0) is 58.7 Å². The zero-order chi connectivity index (χ0) is 14.0. The maximum atomic E-state index is 13.4. The van der Waals surface area contributed by atoms with Crippen LogP contribution in [-0.4, -0.2) is 11.0 Å². The minimum absolute atomic E-state index is 0.127. The van der Waals surface area contributed by atoms with Crippen molar-refractivity contribution in [3.05, 3.63) is 57.8 Å². The van der Waals surface area contributed by atoms with E-state index in [0.717, 1.165) is 5.56 Å². The molecule has 3 nitrogen and oxygen atoms in total. The molecule has 2 rings (SSSR count). The molecule has 5 heteroatoms. The average Bonchev–Trinajstić information content (AvgIpc) is 2.36. The molecule has 0 radical (unpaired) electrons. The molecule has 0 heterocycles. The van der Waals surface area contributed by atoms with Crippen LogP contribution in [0.15, 0.2) is 40.9 Å². The maximum Gasteiger partial charge on any atom is 0.256 e. The number of hydrogen-bond donors (Lipinski definition) is 2. The van der Waals surface area contributed by atoms with Gasteiger partial charge in [0.05, 0.1) is 10.0 Å². The molecule has 1 amide bonds. The molecule has 0 unspecified atom stereocenters. The lowest BCUT2D eigenvalue weighted by atomic mass is 10.1. The Morgan fingerprint density at radius 2 is 2.05 bits per heavy atom. The third-order valence-electron chi connectivity index (χ3n) is 2.65. The summed E-state index contributed by atoms with van der Waals surface area (Å²) in [7, 11) is 0. The predicted molar refractivity (Wildman–Crippen MR) is 74.9 cm³/mol. The van der Waals surface area contributed by atoms with E-state index in [-0.39, 0.29) is 15.8 Å². The molecule has 0 bridgehead atoms. The number of phenolic OH excluding ortho intramolecular Hbond substituents is 1.